The van der Waals surface area contributed by atoms with Crippen molar-refractivity contribution in [1.29, 1.82) is 0 Å². The molecule has 1 aliphatic heterocycles. The molecule has 0 amide bonds. The standard InChI is InChI=1S/C22H28F3N5O.HI/c1-29-9-11-30(12-10-29)20-8-7-18(22(23,24)25)13-17(20)14-27-21(26)28-19-6-4-3-5-16(19)15-31-2;/h3-8,13H,9-12,14-15H2,1-2H3,(H3,26,27,28);1H. The Labute approximate surface area is 203 Å². The van der Waals surface area contributed by atoms with Crippen LogP contribution in [-0.2, 0) is 24.1 Å². The topological polar surface area (TPSA) is 66.1 Å². The third kappa shape index (κ3) is 6.97. The van der Waals surface area contributed by atoms with Crippen LogP contribution in [0.15, 0.2) is 47.5 Å². The molecule has 2 aromatic rings. The maximum absolute atomic E-state index is 13.3. The Balaban J connectivity index is 0.00000363. The summed E-state index contributed by atoms with van der Waals surface area (Å²) >= 11 is 0. The van der Waals surface area contributed by atoms with Gasteiger partial charge in [-0.1, -0.05) is 18.2 Å². The van der Waals surface area contributed by atoms with Gasteiger partial charge < -0.3 is 25.6 Å². The van der Waals surface area contributed by atoms with Crippen molar-refractivity contribution in [1.82, 2.24) is 4.90 Å². The molecule has 176 valence electrons. The van der Waals surface area contributed by atoms with Gasteiger partial charge in [0.2, 0.25) is 0 Å². The molecular weight excluding hydrogens is 534 g/mol. The summed E-state index contributed by atoms with van der Waals surface area (Å²) < 4.78 is 45.1. The number of likely N-dealkylation sites (N-methyl/N-ethyl adjacent to an activating group) is 1. The normalized spacial score (nSPS) is 15.4. The van der Waals surface area contributed by atoms with E-state index < -0.39 is 11.7 Å². The lowest BCUT2D eigenvalue weighted by Crippen LogP contribution is -2.44. The number of aliphatic imine (C=N–C) groups is 1. The van der Waals surface area contributed by atoms with Crippen molar-refractivity contribution < 1.29 is 17.9 Å². The Hall–Kier alpha value is -2.05. The van der Waals surface area contributed by atoms with Gasteiger partial charge in [-0.25, -0.2) is 4.99 Å². The van der Waals surface area contributed by atoms with Gasteiger partial charge in [-0.05, 0) is 36.9 Å². The van der Waals surface area contributed by atoms with Gasteiger partial charge in [0.05, 0.1) is 18.7 Å². The molecule has 0 saturated carbocycles. The van der Waals surface area contributed by atoms with Gasteiger partial charge in [-0.15, -0.1) is 24.0 Å². The lowest BCUT2D eigenvalue weighted by atomic mass is 10.1. The second-order valence-corrected chi connectivity index (χ2v) is 7.55. The molecule has 6 nitrogen and oxygen atoms in total. The number of halogens is 4. The number of piperazine rings is 1. The number of ether oxygens (including phenoxy) is 1. The summed E-state index contributed by atoms with van der Waals surface area (Å²) in [6.45, 7) is 3.63. The smallest absolute Gasteiger partial charge is 0.380 e. The molecule has 1 aliphatic rings. The third-order valence-electron chi connectivity index (χ3n) is 5.25. The first-order chi connectivity index (χ1) is 14.8. The maximum atomic E-state index is 13.3. The van der Waals surface area contributed by atoms with E-state index >= 15 is 0 Å². The molecule has 32 heavy (non-hydrogen) atoms. The molecule has 0 bridgehead atoms. The van der Waals surface area contributed by atoms with Crippen molar-refractivity contribution in [3.63, 3.8) is 0 Å². The van der Waals surface area contributed by atoms with E-state index in [2.05, 4.69) is 20.1 Å². The number of nitrogens with two attached hydrogens (primary N) is 1. The molecule has 3 N–H and O–H groups in total. The number of para-hydroxylation sites is 1. The van der Waals surface area contributed by atoms with E-state index in [1.54, 1.807) is 7.11 Å². The van der Waals surface area contributed by atoms with E-state index in [4.69, 9.17) is 10.5 Å². The lowest BCUT2D eigenvalue weighted by Gasteiger charge is -2.35. The van der Waals surface area contributed by atoms with Gasteiger partial charge in [0, 0.05) is 50.2 Å². The van der Waals surface area contributed by atoms with Crippen molar-refractivity contribution in [2.24, 2.45) is 10.7 Å². The van der Waals surface area contributed by atoms with Crippen molar-refractivity contribution in [3.05, 3.63) is 59.2 Å². The number of nitrogens with zero attached hydrogens (tertiary/aromatic N) is 3. The number of anilines is 2. The summed E-state index contributed by atoms with van der Waals surface area (Å²) in [4.78, 5) is 8.61. The Morgan fingerprint density at radius 1 is 1.09 bits per heavy atom. The predicted octanol–water partition coefficient (Wildman–Crippen LogP) is 4.15. The van der Waals surface area contributed by atoms with E-state index in [9.17, 15) is 13.2 Å². The molecule has 10 heteroatoms. The average Bonchev–Trinajstić information content (AvgIpc) is 2.74. The van der Waals surface area contributed by atoms with Gasteiger partial charge in [0.1, 0.15) is 0 Å². The van der Waals surface area contributed by atoms with Gasteiger partial charge in [-0.3, -0.25) is 0 Å². The quantitative estimate of drug-likeness (QED) is 0.314. The minimum atomic E-state index is -4.41. The van der Waals surface area contributed by atoms with Crippen LogP contribution in [0.4, 0.5) is 24.5 Å². The van der Waals surface area contributed by atoms with Crippen LogP contribution in [0.2, 0.25) is 0 Å². The van der Waals surface area contributed by atoms with Crippen molar-refractivity contribution in [3.8, 4) is 0 Å². The fraction of sp³-hybridized carbons (Fsp3) is 0.409. The minimum Gasteiger partial charge on any atom is -0.380 e. The highest BCUT2D eigenvalue weighted by Gasteiger charge is 2.31. The number of hydrogen-bond acceptors (Lipinski definition) is 4. The molecule has 0 aromatic heterocycles. The van der Waals surface area contributed by atoms with Crippen LogP contribution < -0.4 is 16.0 Å². The SMILES string of the molecule is COCc1ccccc1NC(N)=NCc1cc(C(F)(F)F)ccc1N1CCN(C)CC1.I. The van der Waals surface area contributed by atoms with Gasteiger partial charge in [0.25, 0.3) is 0 Å². The molecule has 0 atom stereocenters. The summed E-state index contributed by atoms with van der Waals surface area (Å²) in [5.41, 5.74) is 8.26. The highest BCUT2D eigenvalue weighted by atomic mass is 127. The summed E-state index contributed by atoms with van der Waals surface area (Å²) in [6.07, 6.45) is -4.41. The fourth-order valence-electron chi connectivity index (χ4n) is 3.52. The van der Waals surface area contributed by atoms with Crippen LogP contribution in [-0.4, -0.2) is 51.2 Å². The van der Waals surface area contributed by atoms with Crippen LogP contribution >= 0.6 is 24.0 Å². The molecule has 0 unspecified atom stereocenters. The van der Waals surface area contributed by atoms with E-state index in [0.29, 0.717) is 12.2 Å². The Morgan fingerprint density at radius 2 is 1.78 bits per heavy atom. The molecule has 1 fully saturated rings. The van der Waals surface area contributed by atoms with Gasteiger partial charge >= 0.3 is 6.18 Å². The summed E-state index contributed by atoms with van der Waals surface area (Å²) in [7, 11) is 3.63. The third-order valence-corrected chi connectivity index (χ3v) is 5.25. The first-order valence-corrected chi connectivity index (χ1v) is 10.1. The Bertz CT molecular complexity index is 915. The maximum Gasteiger partial charge on any atom is 0.416 e. The van der Waals surface area contributed by atoms with Crippen molar-refractivity contribution in [2.45, 2.75) is 19.3 Å². The second kappa shape index (κ2) is 11.7. The lowest BCUT2D eigenvalue weighted by molar-refractivity contribution is -0.137. The summed E-state index contributed by atoms with van der Waals surface area (Å²) in [5, 5.41) is 3.02. The van der Waals surface area contributed by atoms with E-state index in [1.807, 2.05) is 31.3 Å². The number of guanidine groups is 1. The average molecular weight is 563 g/mol. The number of hydrogen-bond donors (Lipinski definition) is 2. The Morgan fingerprint density at radius 3 is 2.44 bits per heavy atom. The first-order valence-electron chi connectivity index (χ1n) is 10.1. The number of benzene rings is 2. The molecule has 2 aromatic carbocycles. The van der Waals surface area contributed by atoms with Crippen LogP contribution in [0.1, 0.15) is 16.7 Å². The molecule has 3 rings (SSSR count). The number of alkyl halides is 3. The van der Waals surface area contributed by atoms with E-state index in [1.165, 1.54) is 12.1 Å². The monoisotopic (exact) mass is 563 g/mol. The Kier molecular flexibility index (Phi) is 9.59. The largest absolute Gasteiger partial charge is 0.416 e. The van der Waals surface area contributed by atoms with Gasteiger partial charge in [-0.2, -0.15) is 13.2 Å². The van der Waals surface area contributed by atoms with E-state index in [0.717, 1.165) is 49.2 Å². The zero-order valence-electron chi connectivity index (χ0n) is 18.2. The minimum absolute atomic E-state index is 0. The second-order valence-electron chi connectivity index (χ2n) is 7.55. The van der Waals surface area contributed by atoms with Gasteiger partial charge in [0.15, 0.2) is 5.96 Å². The van der Waals surface area contributed by atoms with Crippen LogP contribution in [0, 0.1) is 0 Å². The summed E-state index contributed by atoms with van der Waals surface area (Å²) in [5.74, 6) is 0.130. The molecule has 0 aliphatic carbocycles. The van der Waals surface area contributed by atoms with E-state index in [-0.39, 0.29) is 36.5 Å². The van der Waals surface area contributed by atoms with Crippen LogP contribution in [0.25, 0.3) is 0 Å². The van der Waals surface area contributed by atoms with Crippen molar-refractivity contribution in [2.75, 3.05) is 50.6 Å². The fourth-order valence-corrected chi connectivity index (χ4v) is 3.52. The highest BCUT2D eigenvalue weighted by Crippen LogP contribution is 2.33. The molecule has 1 heterocycles. The number of methoxy groups -OCH3 is 1. The molecule has 0 radical (unpaired) electrons. The van der Waals surface area contributed by atoms with Crippen LogP contribution in [0.3, 0.4) is 0 Å². The van der Waals surface area contributed by atoms with Crippen LogP contribution in [0.5, 0.6) is 0 Å². The zero-order valence-corrected chi connectivity index (χ0v) is 20.5. The van der Waals surface area contributed by atoms with Crippen molar-refractivity contribution >= 4 is 41.3 Å². The number of rotatable bonds is 6. The molecular formula is C22H29F3IN5O. The zero-order chi connectivity index (χ0) is 22.4. The first kappa shape index (κ1) is 26.2. The highest BCUT2D eigenvalue weighted by molar-refractivity contribution is 14.0. The number of nitrogens with one attached hydrogen (secondary N) is 1. The molecule has 1 saturated heterocycles. The predicted molar refractivity (Wildman–Crippen MR) is 133 cm³/mol. The summed E-state index contributed by atoms with van der Waals surface area (Å²) in [6, 6.07) is 11.3. The molecule has 0 spiro atoms.